The first kappa shape index (κ1) is 16.7. The van der Waals surface area contributed by atoms with E-state index < -0.39 is 0 Å². The summed E-state index contributed by atoms with van der Waals surface area (Å²) in [6.45, 7) is 5.56. The molecule has 9 heteroatoms. The quantitative estimate of drug-likeness (QED) is 0.534. The van der Waals surface area contributed by atoms with Gasteiger partial charge in [-0.05, 0) is 25.1 Å². The number of hydrogen-bond donors (Lipinski definition) is 0. The highest BCUT2D eigenvalue weighted by Gasteiger charge is 2.21. The first-order valence-corrected chi connectivity index (χ1v) is 9.19. The molecule has 142 valence electrons. The summed E-state index contributed by atoms with van der Waals surface area (Å²) in [5.41, 5.74) is 2.98. The van der Waals surface area contributed by atoms with Crippen LogP contribution in [0.5, 0.6) is 5.88 Å². The van der Waals surface area contributed by atoms with Gasteiger partial charge in [-0.2, -0.15) is 14.6 Å². The molecule has 4 heterocycles. The van der Waals surface area contributed by atoms with Gasteiger partial charge in [0, 0.05) is 43.6 Å². The summed E-state index contributed by atoms with van der Waals surface area (Å²) in [4.78, 5) is 21.9. The van der Waals surface area contributed by atoms with Gasteiger partial charge in [-0.25, -0.2) is 15.0 Å². The Kier molecular flexibility index (Phi) is 3.92. The summed E-state index contributed by atoms with van der Waals surface area (Å²) in [6.07, 6.45) is 3.08. The Morgan fingerprint density at radius 1 is 0.929 bits per heavy atom. The highest BCUT2D eigenvalue weighted by atomic mass is 16.5. The van der Waals surface area contributed by atoms with E-state index in [1.54, 1.807) is 18.0 Å². The van der Waals surface area contributed by atoms with Crippen LogP contribution in [0.2, 0.25) is 0 Å². The van der Waals surface area contributed by atoms with E-state index in [2.05, 4.69) is 53.0 Å². The molecule has 1 aliphatic rings. The van der Waals surface area contributed by atoms with Crippen LogP contribution in [0.1, 0.15) is 5.69 Å². The number of ether oxygens (including phenoxy) is 1. The van der Waals surface area contributed by atoms with Crippen molar-refractivity contribution in [2.75, 3.05) is 43.1 Å². The van der Waals surface area contributed by atoms with Gasteiger partial charge in [0.25, 0.3) is 5.78 Å². The largest absolute Gasteiger partial charge is 0.480 e. The number of hydrogen-bond acceptors (Lipinski definition) is 8. The highest BCUT2D eigenvalue weighted by molar-refractivity contribution is 5.86. The smallest absolute Gasteiger partial charge is 0.254 e. The lowest BCUT2D eigenvalue weighted by Gasteiger charge is -2.37. The van der Waals surface area contributed by atoms with Crippen molar-refractivity contribution in [3.05, 3.63) is 42.6 Å². The number of rotatable bonds is 3. The zero-order valence-electron chi connectivity index (χ0n) is 15.8. The summed E-state index contributed by atoms with van der Waals surface area (Å²) < 4.78 is 7.20. The Labute approximate surface area is 161 Å². The van der Waals surface area contributed by atoms with E-state index in [0.29, 0.717) is 11.7 Å². The Hall–Kier alpha value is -3.49. The molecular formula is C19H20N8O. The minimum absolute atomic E-state index is 0.603. The molecule has 1 aromatic carbocycles. The molecule has 1 fully saturated rings. The van der Waals surface area contributed by atoms with Gasteiger partial charge in [-0.3, -0.25) is 0 Å². The second-order valence-corrected chi connectivity index (χ2v) is 6.79. The molecule has 0 amide bonds. The normalized spacial score (nSPS) is 14.8. The van der Waals surface area contributed by atoms with Gasteiger partial charge in [0.2, 0.25) is 5.88 Å². The number of methoxy groups -OCH3 is 1. The van der Waals surface area contributed by atoms with Crippen LogP contribution in [-0.4, -0.2) is 62.8 Å². The minimum Gasteiger partial charge on any atom is -0.480 e. The molecule has 0 N–H and O–H groups in total. The topological polar surface area (TPSA) is 84.6 Å². The van der Waals surface area contributed by atoms with Gasteiger partial charge >= 0.3 is 0 Å². The molecule has 4 aromatic rings. The van der Waals surface area contributed by atoms with Crippen LogP contribution >= 0.6 is 0 Å². The van der Waals surface area contributed by atoms with Crippen LogP contribution in [0.25, 0.3) is 16.7 Å². The molecule has 1 aliphatic heterocycles. The standard InChI is InChI=1S/C19H20N8O/c1-13-9-17(27-19(24-13)22-12-23-27)26-7-5-25(6-8-26)14-3-4-16-15(10-14)18(28-2)21-11-20-16/h3-4,9-12H,5-8H2,1-2H3. The van der Waals surface area contributed by atoms with Crippen molar-refractivity contribution in [1.29, 1.82) is 0 Å². The van der Waals surface area contributed by atoms with E-state index in [1.807, 2.05) is 13.0 Å². The van der Waals surface area contributed by atoms with Gasteiger partial charge in [0.15, 0.2) is 0 Å². The number of anilines is 2. The molecule has 5 rings (SSSR count). The van der Waals surface area contributed by atoms with Crippen molar-refractivity contribution in [2.45, 2.75) is 6.92 Å². The van der Waals surface area contributed by atoms with Crippen molar-refractivity contribution >= 4 is 28.2 Å². The van der Waals surface area contributed by atoms with E-state index in [0.717, 1.165) is 54.3 Å². The predicted octanol–water partition coefficient (Wildman–Crippen LogP) is 1.71. The molecular weight excluding hydrogens is 356 g/mol. The molecule has 0 saturated carbocycles. The Morgan fingerprint density at radius 2 is 1.75 bits per heavy atom. The minimum atomic E-state index is 0.603. The van der Waals surface area contributed by atoms with Gasteiger partial charge in [-0.15, -0.1) is 0 Å². The number of aryl methyl sites for hydroxylation is 1. The van der Waals surface area contributed by atoms with E-state index in [9.17, 15) is 0 Å². The number of piperazine rings is 1. The fourth-order valence-electron chi connectivity index (χ4n) is 3.71. The average molecular weight is 376 g/mol. The van der Waals surface area contributed by atoms with Crippen LogP contribution in [0, 0.1) is 6.92 Å². The van der Waals surface area contributed by atoms with E-state index in [-0.39, 0.29) is 0 Å². The lowest BCUT2D eigenvalue weighted by molar-refractivity contribution is 0.402. The fraction of sp³-hybridized carbons (Fsp3) is 0.316. The van der Waals surface area contributed by atoms with E-state index in [1.165, 1.54) is 6.33 Å². The van der Waals surface area contributed by atoms with Gasteiger partial charge in [0.05, 0.1) is 18.0 Å². The molecule has 3 aromatic heterocycles. The first-order valence-electron chi connectivity index (χ1n) is 9.19. The van der Waals surface area contributed by atoms with Crippen LogP contribution < -0.4 is 14.5 Å². The van der Waals surface area contributed by atoms with Crippen molar-refractivity contribution in [3.63, 3.8) is 0 Å². The fourth-order valence-corrected chi connectivity index (χ4v) is 3.71. The summed E-state index contributed by atoms with van der Waals surface area (Å²) >= 11 is 0. The molecule has 0 atom stereocenters. The molecule has 1 saturated heterocycles. The van der Waals surface area contributed by atoms with Crippen molar-refractivity contribution in [2.24, 2.45) is 0 Å². The Balaban J connectivity index is 1.40. The SMILES string of the molecule is COc1ncnc2ccc(N3CCN(c4cc(C)nc5ncnn45)CC3)cc12. The van der Waals surface area contributed by atoms with Crippen LogP contribution in [0.15, 0.2) is 36.9 Å². The Morgan fingerprint density at radius 3 is 2.57 bits per heavy atom. The molecule has 28 heavy (non-hydrogen) atoms. The Bertz CT molecular complexity index is 1150. The molecule has 0 bridgehead atoms. The maximum absolute atomic E-state index is 5.39. The lowest BCUT2D eigenvalue weighted by Crippen LogP contribution is -2.47. The van der Waals surface area contributed by atoms with Crippen molar-refractivity contribution in [3.8, 4) is 5.88 Å². The number of fused-ring (bicyclic) bond motifs is 2. The maximum atomic E-state index is 5.39. The second kappa shape index (κ2) is 6.59. The molecule has 0 spiro atoms. The number of nitrogens with zero attached hydrogens (tertiary/aromatic N) is 8. The third-order valence-electron chi connectivity index (χ3n) is 5.11. The number of aromatic nitrogens is 6. The van der Waals surface area contributed by atoms with E-state index in [4.69, 9.17) is 4.74 Å². The van der Waals surface area contributed by atoms with Crippen LogP contribution in [-0.2, 0) is 0 Å². The third-order valence-corrected chi connectivity index (χ3v) is 5.11. The van der Waals surface area contributed by atoms with E-state index >= 15 is 0 Å². The van der Waals surface area contributed by atoms with Gasteiger partial charge in [0.1, 0.15) is 18.5 Å². The number of benzene rings is 1. The molecule has 9 nitrogen and oxygen atoms in total. The van der Waals surface area contributed by atoms with Crippen LogP contribution in [0.4, 0.5) is 11.5 Å². The summed E-state index contributed by atoms with van der Waals surface area (Å²) in [6, 6.07) is 8.30. The second-order valence-electron chi connectivity index (χ2n) is 6.79. The molecule has 0 radical (unpaired) electrons. The van der Waals surface area contributed by atoms with Gasteiger partial charge < -0.3 is 14.5 Å². The zero-order valence-corrected chi connectivity index (χ0v) is 15.8. The maximum Gasteiger partial charge on any atom is 0.254 e. The predicted molar refractivity (Wildman–Crippen MR) is 106 cm³/mol. The highest BCUT2D eigenvalue weighted by Crippen LogP contribution is 2.28. The summed E-state index contributed by atoms with van der Waals surface area (Å²) in [5.74, 6) is 2.28. The first-order chi connectivity index (χ1) is 13.7. The van der Waals surface area contributed by atoms with Crippen molar-refractivity contribution < 1.29 is 4.74 Å². The molecule has 0 aliphatic carbocycles. The van der Waals surface area contributed by atoms with Gasteiger partial charge in [-0.1, -0.05) is 0 Å². The summed E-state index contributed by atoms with van der Waals surface area (Å²) in [5, 5.41) is 5.26. The monoisotopic (exact) mass is 376 g/mol. The average Bonchev–Trinajstić information content (AvgIpc) is 3.21. The lowest BCUT2D eigenvalue weighted by atomic mass is 10.2. The van der Waals surface area contributed by atoms with Crippen LogP contribution in [0.3, 0.4) is 0 Å². The molecule has 0 unspecified atom stereocenters. The zero-order chi connectivity index (χ0) is 19.1. The third kappa shape index (κ3) is 2.75. The van der Waals surface area contributed by atoms with Crippen molar-refractivity contribution in [1.82, 2.24) is 29.5 Å². The summed E-state index contributed by atoms with van der Waals surface area (Å²) in [7, 11) is 1.63.